The third-order valence-corrected chi connectivity index (χ3v) is 7.54. The van der Waals surface area contributed by atoms with Crippen LogP contribution in [0.3, 0.4) is 0 Å². The van der Waals surface area contributed by atoms with Gasteiger partial charge in [0, 0.05) is 6.54 Å². The summed E-state index contributed by atoms with van der Waals surface area (Å²) in [7, 11) is -2.20. The van der Waals surface area contributed by atoms with E-state index in [1.54, 1.807) is 12.1 Å². The van der Waals surface area contributed by atoms with Gasteiger partial charge in [-0.15, -0.1) is 0 Å². The van der Waals surface area contributed by atoms with E-state index in [1.165, 1.54) is 29.1 Å². The highest BCUT2D eigenvalue weighted by Crippen LogP contribution is 2.32. The molecular weight excluding hydrogens is 376 g/mol. The van der Waals surface area contributed by atoms with Crippen molar-refractivity contribution in [2.45, 2.75) is 42.7 Å². The van der Waals surface area contributed by atoms with Gasteiger partial charge in [-0.05, 0) is 61.1 Å². The van der Waals surface area contributed by atoms with E-state index in [0.29, 0.717) is 25.1 Å². The van der Waals surface area contributed by atoms with Crippen LogP contribution in [0.25, 0.3) is 0 Å². The summed E-state index contributed by atoms with van der Waals surface area (Å²) in [5.74, 6) is 0.380. The molecule has 6 nitrogen and oxygen atoms in total. The minimum Gasteiger partial charge on any atom is -0.497 e. The second-order valence-electron chi connectivity index (χ2n) is 7.25. The summed E-state index contributed by atoms with van der Waals surface area (Å²) >= 11 is 0. The van der Waals surface area contributed by atoms with E-state index in [9.17, 15) is 13.2 Å². The molecule has 1 N–H and O–H groups in total. The Kier molecular flexibility index (Phi) is 5.12. The zero-order valence-corrected chi connectivity index (χ0v) is 16.6. The molecule has 148 valence electrons. The number of nitrogens with zero attached hydrogens (tertiary/aromatic N) is 1. The van der Waals surface area contributed by atoms with Gasteiger partial charge in [-0.25, -0.2) is 8.42 Å². The van der Waals surface area contributed by atoms with Crippen molar-refractivity contribution >= 4 is 15.9 Å². The van der Waals surface area contributed by atoms with Gasteiger partial charge in [0.2, 0.25) is 15.9 Å². The van der Waals surface area contributed by atoms with Gasteiger partial charge in [-0.3, -0.25) is 4.79 Å². The molecule has 2 atom stereocenters. The first-order chi connectivity index (χ1) is 13.5. The lowest BCUT2D eigenvalue weighted by Crippen LogP contribution is -2.46. The quantitative estimate of drug-likeness (QED) is 0.837. The van der Waals surface area contributed by atoms with Crippen LogP contribution in [0.1, 0.15) is 36.4 Å². The van der Waals surface area contributed by atoms with Gasteiger partial charge in [0.05, 0.1) is 18.0 Å². The maximum absolute atomic E-state index is 13.1. The number of nitrogens with one attached hydrogen (secondary N) is 1. The molecule has 1 aliphatic heterocycles. The number of carbonyl (C=O) groups excluding carboxylic acids is 1. The topological polar surface area (TPSA) is 75.7 Å². The maximum atomic E-state index is 13.1. The zero-order chi connectivity index (χ0) is 19.7. The molecule has 0 aromatic heterocycles. The van der Waals surface area contributed by atoms with Crippen molar-refractivity contribution < 1.29 is 17.9 Å². The molecule has 0 radical (unpaired) electrons. The van der Waals surface area contributed by atoms with Crippen LogP contribution in [0.4, 0.5) is 0 Å². The number of amides is 1. The van der Waals surface area contributed by atoms with E-state index in [4.69, 9.17) is 4.74 Å². The number of aryl methyl sites for hydroxylation is 1. The second-order valence-corrected chi connectivity index (χ2v) is 9.14. The molecule has 2 aliphatic rings. The minimum absolute atomic E-state index is 0.0464. The molecule has 2 aromatic carbocycles. The lowest BCUT2D eigenvalue weighted by atomic mass is 10.1. The largest absolute Gasteiger partial charge is 0.497 e. The predicted octanol–water partition coefficient (Wildman–Crippen LogP) is 2.65. The van der Waals surface area contributed by atoms with E-state index in [0.717, 1.165) is 18.4 Å². The average Bonchev–Trinajstić information content (AvgIpc) is 3.36. The van der Waals surface area contributed by atoms with Crippen LogP contribution in [-0.2, 0) is 21.2 Å². The number of hydrogen-bond donors (Lipinski definition) is 1. The van der Waals surface area contributed by atoms with E-state index < -0.39 is 16.1 Å². The molecule has 2 aromatic rings. The summed E-state index contributed by atoms with van der Waals surface area (Å²) in [6, 6.07) is 13.7. The SMILES string of the molecule is COc1ccc(S(=O)(=O)N2CCC[C@H]2C(=O)NC2CCc3ccccc32)cc1. The Balaban J connectivity index is 1.52. The summed E-state index contributed by atoms with van der Waals surface area (Å²) in [5, 5.41) is 3.08. The second kappa shape index (κ2) is 7.56. The first-order valence-electron chi connectivity index (χ1n) is 9.55. The maximum Gasteiger partial charge on any atom is 0.243 e. The third-order valence-electron chi connectivity index (χ3n) is 5.62. The highest BCUT2D eigenvalue weighted by molar-refractivity contribution is 7.89. The van der Waals surface area contributed by atoms with Crippen molar-refractivity contribution in [3.8, 4) is 5.75 Å². The van der Waals surface area contributed by atoms with Gasteiger partial charge in [-0.1, -0.05) is 24.3 Å². The van der Waals surface area contributed by atoms with Gasteiger partial charge in [0.15, 0.2) is 0 Å². The Morgan fingerprint density at radius 3 is 2.61 bits per heavy atom. The Hall–Kier alpha value is -2.38. The summed E-state index contributed by atoms with van der Waals surface area (Å²) < 4.78 is 32.6. The minimum atomic E-state index is -3.74. The first kappa shape index (κ1) is 19.0. The Morgan fingerprint density at radius 2 is 1.86 bits per heavy atom. The van der Waals surface area contributed by atoms with Gasteiger partial charge in [-0.2, -0.15) is 4.31 Å². The number of fused-ring (bicyclic) bond motifs is 1. The lowest BCUT2D eigenvalue weighted by molar-refractivity contribution is -0.125. The van der Waals surface area contributed by atoms with Crippen molar-refractivity contribution in [3.05, 3.63) is 59.7 Å². The number of benzene rings is 2. The van der Waals surface area contributed by atoms with Crippen LogP contribution in [0.5, 0.6) is 5.75 Å². The molecule has 7 heteroatoms. The third kappa shape index (κ3) is 3.40. The van der Waals surface area contributed by atoms with Crippen molar-refractivity contribution in [2.75, 3.05) is 13.7 Å². The fourth-order valence-corrected chi connectivity index (χ4v) is 5.80. The summed E-state index contributed by atoms with van der Waals surface area (Å²) in [6.45, 7) is 0.355. The fraction of sp³-hybridized carbons (Fsp3) is 0.381. The van der Waals surface area contributed by atoms with Crippen LogP contribution in [0.2, 0.25) is 0 Å². The molecule has 1 heterocycles. The molecular formula is C21H24N2O4S. The fourth-order valence-electron chi connectivity index (χ4n) is 4.15. The van der Waals surface area contributed by atoms with Gasteiger partial charge < -0.3 is 10.1 Å². The Morgan fingerprint density at radius 1 is 1.11 bits per heavy atom. The molecule has 1 fully saturated rings. The van der Waals surface area contributed by atoms with E-state index in [-0.39, 0.29) is 16.8 Å². The van der Waals surface area contributed by atoms with Crippen LogP contribution >= 0.6 is 0 Å². The number of methoxy groups -OCH3 is 1. The molecule has 0 spiro atoms. The van der Waals surface area contributed by atoms with E-state index in [2.05, 4.69) is 11.4 Å². The summed E-state index contributed by atoms with van der Waals surface area (Å²) in [5.41, 5.74) is 2.39. The molecule has 1 aliphatic carbocycles. The highest BCUT2D eigenvalue weighted by atomic mass is 32.2. The Labute approximate surface area is 165 Å². The number of rotatable bonds is 5. The summed E-state index contributed by atoms with van der Waals surface area (Å²) in [4.78, 5) is 13.1. The average molecular weight is 401 g/mol. The smallest absolute Gasteiger partial charge is 0.243 e. The van der Waals surface area contributed by atoms with Crippen molar-refractivity contribution in [1.29, 1.82) is 0 Å². The zero-order valence-electron chi connectivity index (χ0n) is 15.8. The van der Waals surface area contributed by atoms with Crippen LogP contribution in [0, 0.1) is 0 Å². The number of hydrogen-bond acceptors (Lipinski definition) is 4. The van der Waals surface area contributed by atoms with E-state index in [1.807, 2.05) is 18.2 Å². The molecule has 0 saturated carbocycles. The predicted molar refractivity (Wildman–Crippen MR) is 106 cm³/mol. The molecule has 0 bridgehead atoms. The lowest BCUT2D eigenvalue weighted by Gasteiger charge is -2.25. The Bertz CT molecular complexity index is 972. The summed E-state index contributed by atoms with van der Waals surface area (Å²) in [6.07, 6.45) is 2.99. The number of carbonyl (C=O) groups is 1. The first-order valence-corrected chi connectivity index (χ1v) is 11.0. The molecule has 4 rings (SSSR count). The van der Waals surface area contributed by atoms with Crippen molar-refractivity contribution in [1.82, 2.24) is 9.62 Å². The van der Waals surface area contributed by atoms with Gasteiger partial charge in [0.25, 0.3) is 0 Å². The highest BCUT2D eigenvalue weighted by Gasteiger charge is 2.40. The van der Waals surface area contributed by atoms with E-state index >= 15 is 0 Å². The van der Waals surface area contributed by atoms with Crippen molar-refractivity contribution in [3.63, 3.8) is 0 Å². The van der Waals surface area contributed by atoms with Crippen LogP contribution < -0.4 is 10.1 Å². The van der Waals surface area contributed by atoms with Crippen molar-refractivity contribution in [2.24, 2.45) is 0 Å². The monoisotopic (exact) mass is 400 g/mol. The standard InChI is InChI=1S/C21H24N2O4S/c1-27-16-9-11-17(12-10-16)28(25,26)23-14-4-7-20(23)21(24)22-19-13-8-15-5-2-3-6-18(15)19/h2-3,5-6,9-12,19-20H,4,7-8,13-14H2,1H3,(H,22,24)/t19?,20-/m0/s1. The molecule has 1 unspecified atom stereocenters. The van der Waals surface area contributed by atoms with Gasteiger partial charge >= 0.3 is 0 Å². The normalized spacial score (nSPS) is 22.0. The number of sulfonamides is 1. The molecule has 1 saturated heterocycles. The van der Waals surface area contributed by atoms with Crippen LogP contribution in [0.15, 0.2) is 53.4 Å². The number of ether oxygens (including phenoxy) is 1. The molecule has 28 heavy (non-hydrogen) atoms. The van der Waals surface area contributed by atoms with Crippen LogP contribution in [-0.4, -0.2) is 38.3 Å². The van der Waals surface area contributed by atoms with Gasteiger partial charge in [0.1, 0.15) is 11.8 Å². The molecule has 1 amide bonds.